The molecule has 1 saturated heterocycles. The number of allylic oxidation sites excluding steroid dienone is 1. The Morgan fingerprint density at radius 2 is 1.84 bits per heavy atom. The molecule has 1 aromatic heterocycles. The van der Waals surface area contributed by atoms with Crippen molar-refractivity contribution in [2.24, 2.45) is 4.99 Å². The number of Topliss-reactive ketones (excluding diaryl/α,β-unsaturated/α-hetero) is 1. The Morgan fingerprint density at radius 1 is 1.11 bits per heavy atom. The van der Waals surface area contributed by atoms with Crippen LogP contribution in [-0.4, -0.2) is 57.8 Å². The van der Waals surface area contributed by atoms with Crippen molar-refractivity contribution in [3.8, 4) is 16.9 Å². The highest BCUT2D eigenvalue weighted by molar-refractivity contribution is 6.31. The fourth-order valence-electron chi connectivity index (χ4n) is 4.52. The molecule has 194 valence electrons. The van der Waals surface area contributed by atoms with E-state index in [1.165, 1.54) is 51.4 Å². The first-order chi connectivity index (χ1) is 17.8. The molecule has 5 rings (SSSR count). The number of hydrogen-bond donors (Lipinski definition) is 0. The van der Waals surface area contributed by atoms with Crippen LogP contribution < -0.4 is 0 Å². The number of imidazole rings is 1. The van der Waals surface area contributed by atoms with E-state index in [9.17, 15) is 9.18 Å². The Kier molecular flexibility index (Phi) is 8.90. The number of ketones is 1. The molecule has 0 bridgehead atoms. The Hall–Kier alpha value is -3.29. The zero-order valence-corrected chi connectivity index (χ0v) is 22.3. The van der Waals surface area contributed by atoms with Gasteiger partial charge in [-0.1, -0.05) is 24.1 Å². The van der Waals surface area contributed by atoms with Crippen molar-refractivity contribution in [1.82, 2.24) is 19.4 Å². The first-order valence-electron chi connectivity index (χ1n) is 12.6. The van der Waals surface area contributed by atoms with E-state index in [1.807, 2.05) is 48.2 Å². The van der Waals surface area contributed by atoms with Gasteiger partial charge in [0.2, 0.25) is 0 Å². The number of carbonyl (C=O) groups excluding carboxylic acids is 1. The third-order valence-electron chi connectivity index (χ3n) is 6.45. The van der Waals surface area contributed by atoms with Crippen molar-refractivity contribution < 1.29 is 9.18 Å². The SMILES string of the molecule is CC(=O)Cc1nc(-c2ccc(Cl)c(C)c2)cn1-c1ccc(F)cc1.CN1C=CC=NC1N1CCCCC1. The smallest absolute Gasteiger partial charge is 0.177 e. The molecule has 0 amide bonds. The molecule has 8 heteroatoms. The molecule has 0 spiro atoms. The maximum atomic E-state index is 13.2. The molecular weight excluding hydrogens is 489 g/mol. The van der Waals surface area contributed by atoms with Gasteiger partial charge in [0.05, 0.1) is 12.1 Å². The van der Waals surface area contributed by atoms with E-state index in [0.29, 0.717) is 10.8 Å². The predicted molar refractivity (Wildman–Crippen MR) is 148 cm³/mol. The third-order valence-corrected chi connectivity index (χ3v) is 6.88. The second-order valence-electron chi connectivity index (χ2n) is 9.48. The quantitative estimate of drug-likeness (QED) is 0.409. The number of nitrogens with zero attached hydrogens (tertiary/aromatic N) is 5. The van der Waals surface area contributed by atoms with Crippen LogP contribution >= 0.6 is 11.6 Å². The fraction of sp³-hybridized carbons (Fsp3) is 0.345. The van der Waals surface area contributed by atoms with Crippen LogP contribution in [0.15, 0.2) is 65.9 Å². The van der Waals surface area contributed by atoms with Crippen LogP contribution in [0.1, 0.15) is 37.6 Å². The number of aryl methyl sites for hydroxylation is 1. The van der Waals surface area contributed by atoms with Gasteiger partial charge in [0, 0.05) is 55.0 Å². The maximum absolute atomic E-state index is 13.2. The van der Waals surface area contributed by atoms with Crippen LogP contribution in [0.5, 0.6) is 0 Å². The molecule has 2 aromatic carbocycles. The topological polar surface area (TPSA) is 53.7 Å². The summed E-state index contributed by atoms with van der Waals surface area (Å²) < 4.78 is 15.0. The van der Waals surface area contributed by atoms with Crippen molar-refractivity contribution in [3.63, 3.8) is 0 Å². The van der Waals surface area contributed by atoms with E-state index < -0.39 is 0 Å². The summed E-state index contributed by atoms with van der Waals surface area (Å²) in [5.74, 6) is 0.333. The second-order valence-corrected chi connectivity index (χ2v) is 9.89. The number of aliphatic imine (C=N–C) groups is 1. The summed E-state index contributed by atoms with van der Waals surface area (Å²) >= 11 is 6.08. The van der Waals surface area contributed by atoms with Crippen molar-refractivity contribution in [2.75, 3.05) is 20.1 Å². The van der Waals surface area contributed by atoms with Crippen LogP contribution in [-0.2, 0) is 11.2 Å². The molecule has 2 aliphatic heterocycles. The van der Waals surface area contributed by atoms with Crippen LogP contribution in [0.2, 0.25) is 5.02 Å². The van der Waals surface area contributed by atoms with Gasteiger partial charge in [-0.05, 0) is 74.7 Å². The zero-order chi connectivity index (χ0) is 26.4. The molecule has 37 heavy (non-hydrogen) atoms. The monoisotopic (exact) mass is 521 g/mol. The lowest BCUT2D eigenvalue weighted by atomic mass is 10.1. The molecule has 3 aromatic rings. The zero-order valence-electron chi connectivity index (χ0n) is 21.6. The number of piperidine rings is 1. The molecule has 3 heterocycles. The van der Waals surface area contributed by atoms with Gasteiger partial charge in [-0.15, -0.1) is 0 Å². The van der Waals surface area contributed by atoms with Gasteiger partial charge < -0.3 is 9.47 Å². The molecule has 6 nitrogen and oxygen atoms in total. The highest BCUT2D eigenvalue weighted by Gasteiger charge is 2.22. The first-order valence-corrected chi connectivity index (χ1v) is 13.0. The van der Waals surface area contributed by atoms with Gasteiger partial charge >= 0.3 is 0 Å². The van der Waals surface area contributed by atoms with Crippen LogP contribution in [0.3, 0.4) is 0 Å². The van der Waals surface area contributed by atoms with Gasteiger partial charge in [0.25, 0.3) is 0 Å². The average molecular weight is 522 g/mol. The Balaban J connectivity index is 0.000000207. The second kappa shape index (κ2) is 12.3. The predicted octanol–water partition coefficient (Wildman–Crippen LogP) is 6.06. The number of hydrogen-bond acceptors (Lipinski definition) is 5. The third kappa shape index (κ3) is 6.93. The molecule has 0 radical (unpaired) electrons. The van der Waals surface area contributed by atoms with Gasteiger partial charge in [0.1, 0.15) is 17.4 Å². The van der Waals surface area contributed by atoms with Gasteiger partial charge in [-0.2, -0.15) is 0 Å². The molecule has 1 unspecified atom stereocenters. The summed E-state index contributed by atoms with van der Waals surface area (Å²) in [5.41, 5.74) is 3.38. The lowest BCUT2D eigenvalue weighted by Crippen LogP contribution is -2.46. The average Bonchev–Trinajstić information content (AvgIpc) is 3.30. The number of halogens is 2. The van der Waals surface area contributed by atoms with Crippen molar-refractivity contribution >= 4 is 23.6 Å². The van der Waals surface area contributed by atoms with Gasteiger partial charge in [-0.25, -0.2) is 9.37 Å². The Bertz CT molecular complexity index is 1280. The first kappa shape index (κ1) is 26.8. The van der Waals surface area contributed by atoms with Crippen LogP contribution in [0, 0.1) is 12.7 Å². The van der Waals surface area contributed by atoms with Gasteiger partial charge in [0.15, 0.2) is 6.29 Å². The van der Waals surface area contributed by atoms with Crippen molar-refractivity contribution in [2.45, 2.75) is 45.8 Å². The van der Waals surface area contributed by atoms with Crippen molar-refractivity contribution in [3.05, 3.63) is 83.2 Å². The number of aromatic nitrogens is 2. The summed E-state index contributed by atoms with van der Waals surface area (Å²) in [6.45, 7) is 5.84. The summed E-state index contributed by atoms with van der Waals surface area (Å²) in [4.78, 5) is 25.3. The minimum atomic E-state index is -0.305. The molecule has 0 aliphatic carbocycles. The Labute approximate surface area is 223 Å². The number of rotatable bonds is 5. The lowest BCUT2D eigenvalue weighted by molar-refractivity contribution is -0.116. The number of carbonyl (C=O) groups is 1. The van der Waals surface area contributed by atoms with Crippen molar-refractivity contribution in [1.29, 1.82) is 0 Å². The van der Waals surface area contributed by atoms with E-state index >= 15 is 0 Å². The fourth-order valence-corrected chi connectivity index (χ4v) is 4.64. The highest BCUT2D eigenvalue weighted by atomic mass is 35.5. The van der Waals surface area contributed by atoms with E-state index in [2.05, 4.69) is 33.0 Å². The molecule has 0 N–H and O–H groups in total. The number of benzene rings is 2. The molecule has 0 saturated carbocycles. The molecule has 1 atom stereocenters. The van der Waals surface area contributed by atoms with E-state index in [0.717, 1.165) is 22.5 Å². The van der Waals surface area contributed by atoms with Crippen LogP contribution in [0.25, 0.3) is 16.9 Å². The highest BCUT2D eigenvalue weighted by Crippen LogP contribution is 2.26. The maximum Gasteiger partial charge on any atom is 0.177 e. The minimum Gasteiger partial charge on any atom is -0.347 e. The summed E-state index contributed by atoms with van der Waals surface area (Å²) in [6.07, 6.45) is 12.3. The summed E-state index contributed by atoms with van der Waals surface area (Å²) in [7, 11) is 2.09. The van der Waals surface area contributed by atoms with E-state index in [-0.39, 0.29) is 24.3 Å². The number of likely N-dealkylation sites (tertiary alicyclic amines) is 1. The summed E-state index contributed by atoms with van der Waals surface area (Å²) in [6, 6.07) is 11.8. The largest absolute Gasteiger partial charge is 0.347 e. The molecular formula is C29H33ClFN5O. The summed E-state index contributed by atoms with van der Waals surface area (Å²) in [5, 5.41) is 0.695. The lowest BCUT2D eigenvalue weighted by Gasteiger charge is -2.37. The Morgan fingerprint density at radius 3 is 2.49 bits per heavy atom. The standard InChI is InChI=1S/C19H16ClFN2O.C10H17N3/c1-12-9-14(3-8-17(12)20)18-11-23(19(22-18)10-13(2)24)16-6-4-15(21)5-7-16;1-12-7-5-6-11-10(12)13-8-3-2-4-9-13/h3-9,11H,10H2,1-2H3;5-7,10H,2-4,8-9H2,1H3. The van der Waals surface area contributed by atoms with E-state index in [1.54, 1.807) is 12.1 Å². The molecule has 2 aliphatic rings. The van der Waals surface area contributed by atoms with E-state index in [4.69, 9.17) is 11.6 Å². The minimum absolute atomic E-state index is 0.0165. The van der Waals surface area contributed by atoms with Crippen LogP contribution in [0.4, 0.5) is 4.39 Å². The normalized spacial score (nSPS) is 17.4. The molecule has 1 fully saturated rings. The van der Waals surface area contributed by atoms with Gasteiger partial charge in [-0.3, -0.25) is 14.7 Å².